The summed E-state index contributed by atoms with van der Waals surface area (Å²) >= 11 is 1.75. The molecule has 0 aliphatic carbocycles. The minimum absolute atomic E-state index is 1.15. The van der Waals surface area contributed by atoms with Gasteiger partial charge in [-0.15, -0.1) is 0 Å². The second-order valence-electron chi connectivity index (χ2n) is 1.86. The lowest BCUT2D eigenvalue weighted by molar-refractivity contribution is 0.457. The summed E-state index contributed by atoms with van der Waals surface area (Å²) in [5, 5.41) is 0. The van der Waals surface area contributed by atoms with E-state index in [1.54, 1.807) is 12.1 Å². The van der Waals surface area contributed by atoms with Crippen molar-refractivity contribution in [2.75, 3.05) is 19.6 Å². The molecule has 1 saturated heterocycles. The van der Waals surface area contributed by atoms with Gasteiger partial charge in [0.05, 0.1) is 0 Å². The van der Waals surface area contributed by atoms with Gasteiger partial charge in [0.15, 0.2) is 0 Å². The summed E-state index contributed by atoms with van der Waals surface area (Å²) in [5.74, 6) is 0. The Kier molecular flexibility index (Phi) is 2.66. The summed E-state index contributed by atoms with van der Waals surface area (Å²) in [4.78, 5) is 0. The Morgan fingerprint density at radius 3 is 3.00 bits per heavy atom. The largest absolute Gasteiger partial charge is 0.251 e. The predicted molar refractivity (Wildman–Crippen MR) is 37.5 cm³/mol. The Hall–Kier alpha value is 0.270. The van der Waals surface area contributed by atoms with Gasteiger partial charge in [-0.3, -0.25) is 4.72 Å². The molecule has 3 heteroatoms. The molecular formula is C5H12N2S. The van der Waals surface area contributed by atoms with Crippen molar-refractivity contribution in [1.82, 2.24) is 9.03 Å². The second kappa shape index (κ2) is 3.33. The number of rotatable bonds is 1. The SMILES string of the molecule is CCN1CCCNS1. The molecule has 0 unspecified atom stereocenters. The topological polar surface area (TPSA) is 15.3 Å². The number of nitrogens with one attached hydrogen (secondary N) is 1. The highest BCUT2D eigenvalue weighted by Gasteiger charge is 2.06. The van der Waals surface area contributed by atoms with Crippen molar-refractivity contribution in [2.45, 2.75) is 13.3 Å². The van der Waals surface area contributed by atoms with Crippen LogP contribution in [0, 0.1) is 0 Å². The van der Waals surface area contributed by atoms with Gasteiger partial charge in [-0.1, -0.05) is 6.92 Å². The molecule has 0 spiro atoms. The average Bonchev–Trinajstić information content (AvgIpc) is 1.90. The van der Waals surface area contributed by atoms with Crippen LogP contribution in [0.3, 0.4) is 0 Å². The maximum Gasteiger partial charge on any atom is 0.0114 e. The van der Waals surface area contributed by atoms with Crippen LogP contribution in [0.2, 0.25) is 0 Å². The molecule has 0 aromatic rings. The summed E-state index contributed by atoms with van der Waals surface area (Å²) in [6.45, 7) is 5.74. The standard InChI is InChI=1S/C5H12N2S/c1-2-7-5-3-4-6-8-7/h6H,2-5H2,1H3. The van der Waals surface area contributed by atoms with Crippen molar-refractivity contribution in [1.29, 1.82) is 0 Å². The van der Waals surface area contributed by atoms with Crippen molar-refractivity contribution in [2.24, 2.45) is 0 Å². The highest BCUT2D eigenvalue weighted by molar-refractivity contribution is 7.95. The van der Waals surface area contributed by atoms with E-state index in [9.17, 15) is 0 Å². The third-order valence-corrected chi connectivity index (χ3v) is 2.26. The molecule has 1 rings (SSSR count). The van der Waals surface area contributed by atoms with Crippen molar-refractivity contribution >= 4 is 12.1 Å². The van der Waals surface area contributed by atoms with Crippen LogP contribution in [0.25, 0.3) is 0 Å². The van der Waals surface area contributed by atoms with Crippen LogP contribution < -0.4 is 4.72 Å². The third kappa shape index (κ3) is 1.65. The van der Waals surface area contributed by atoms with Crippen molar-refractivity contribution in [3.8, 4) is 0 Å². The van der Waals surface area contributed by atoms with Crippen molar-refractivity contribution in [3.63, 3.8) is 0 Å². The molecule has 8 heavy (non-hydrogen) atoms. The fourth-order valence-corrected chi connectivity index (χ4v) is 1.50. The van der Waals surface area contributed by atoms with Gasteiger partial charge < -0.3 is 0 Å². The average molecular weight is 132 g/mol. The van der Waals surface area contributed by atoms with E-state index in [-0.39, 0.29) is 0 Å². The highest BCUT2D eigenvalue weighted by Crippen LogP contribution is 2.09. The lowest BCUT2D eigenvalue weighted by atomic mass is 10.4. The van der Waals surface area contributed by atoms with E-state index >= 15 is 0 Å². The molecule has 0 saturated carbocycles. The molecule has 1 heterocycles. The molecule has 0 radical (unpaired) electrons. The fraction of sp³-hybridized carbons (Fsp3) is 1.00. The molecule has 0 aromatic carbocycles. The maximum atomic E-state index is 3.23. The Morgan fingerprint density at radius 1 is 1.75 bits per heavy atom. The van der Waals surface area contributed by atoms with Gasteiger partial charge in [-0.2, -0.15) is 0 Å². The first kappa shape index (κ1) is 6.39. The minimum atomic E-state index is 1.15. The molecular weight excluding hydrogens is 120 g/mol. The minimum Gasteiger partial charge on any atom is -0.251 e. The van der Waals surface area contributed by atoms with Gasteiger partial charge in [-0.05, 0) is 6.42 Å². The van der Waals surface area contributed by atoms with Gasteiger partial charge >= 0.3 is 0 Å². The summed E-state index contributed by atoms with van der Waals surface area (Å²) in [5.41, 5.74) is 0. The Bertz CT molecular complexity index is 61.4. The number of hydrogen-bond acceptors (Lipinski definition) is 3. The summed E-state index contributed by atoms with van der Waals surface area (Å²) in [6.07, 6.45) is 1.29. The van der Waals surface area contributed by atoms with Crippen LogP contribution in [0.5, 0.6) is 0 Å². The molecule has 1 aliphatic heterocycles. The van der Waals surface area contributed by atoms with E-state index in [2.05, 4.69) is 16.0 Å². The van der Waals surface area contributed by atoms with E-state index in [0.717, 1.165) is 6.54 Å². The molecule has 0 bridgehead atoms. The molecule has 1 aliphatic rings. The first-order valence-electron chi connectivity index (χ1n) is 3.08. The van der Waals surface area contributed by atoms with Gasteiger partial charge in [0, 0.05) is 31.8 Å². The van der Waals surface area contributed by atoms with Crippen molar-refractivity contribution < 1.29 is 0 Å². The molecule has 0 aromatic heterocycles. The molecule has 1 N–H and O–H groups in total. The van der Waals surface area contributed by atoms with Crippen LogP contribution in [0.1, 0.15) is 13.3 Å². The second-order valence-corrected chi connectivity index (χ2v) is 2.85. The smallest absolute Gasteiger partial charge is 0.0114 e. The number of nitrogens with zero attached hydrogens (tertiary/aromatic N) is 1. The summed E-state index contributed by atoms with van der Waals surface area (Å²) < 4.78 is 5.55. The molecule has 0 amide bonds. The molecule has 1 fully saturated rings. The lowest BCUT2D eigenvalue weighted by Gasteiger charge is -2.23. The van der Waals surface area contributed by atoms with Crippen LogP contribution in [0.15, 0.2) is 0 Å². The van der Waals surface area contributed by atoms with E-state index in [4.69, 9.17) is 0 Å². The van der Waals surface area contributed by atoms with Gasteiger partial charge in [0.1, 0.15) is 0 Å². The van der Waals surface area contributed by atoms with Gasteiger partial charge in [0.25, 0.3) is 0 Å². The zero-order valence-corrected chi connectivity index (χ0v) is 6.00. The Labute approximate surface area is 54.9 Å². The highest BCUT2D eigenvalue weighted by atomic mass is 32.2. The van der Waals surface area contributed by atoms with E-state index in [1.807, 2.05) is 0 Å². The predicted octanol–water partition coefficient (Wildman–Crippen LogP) is 0.865. The molecule has 48 valence electrons. The van der Waals surface area contributed by atoms with E-state index in [0.29, 0.717) is 0 Å². The van der Waals surface area contributed by atoms with Crippen LogP contribution in [0.4, 0.5) is 0 Å². The fourth-order valence-electron chi connectivity index (χ4n) is 0.733. The summed E-state index contributed by atoms with van der Waals surface area (Å²) in [7, 11) is 0. The van der Waals surface area contributed by atoms with Gasteiger partial charge in [0.2, 0.25) is 0 Å². The quantitative estimate of drug-likeness (QED) is 0.533. The lowest BCUT2D eigenvalue weighted by Crippen LogP contribution is -2.29. The zero-order valence-electron chi connectivity index (χ0n) is 5.18. The van der Waals surface area contributed by atoms with Crippen LogP contribution >= 0.6 is 12.1 Å². The molecule has 2 nitrogen and oxygen atoms in total. The van der Waals surface area contributed by atoms with E-state index < -0.39 is 0 Å². The summed E-state index contributed by atoms with van der Waals surface area (Å²) in [6, 6.07) is 0. The monoisotopic (exact) mass is 132 g/mol. The first-order chi connectivity index (χ1) is 3.93. The zero-order chi connectivity index (χ0) is 5.82. The maximum absolute atomic E-state index is 3.23. The first-order valence-corrected chi connectivity index (χ1v) is 3.85. The third-order valence-electron chi connectivity index (χ3n) is 1.23. The Balaban J connectivity index is 2.13. The number of hydrogen-bond donors (Lipinski definition) is 1. The van der Waals surface area contributed by atoms with Crippen LogP contribution in [-0.2, 0) is 0 Å². The van der Waals surface area contributed by atoms with Gasteiger partial charge in [-0.25, -0.2) is 4.31 Å². The van der Waals surface area contributed by atoms with Crippen LogP contribution in [-0.4, -0.2) is 23.9 Å². The van der Waals surface area contributed by atoms with E-state index in [1.165, 1.54) is 19.5 Å². The van der Waals surface area contributed by atoms with Crippen molar-refractivity contribution in [3.05, 3.63) is 0 Å². The molecule has 0 atom stereocenters. The normalized spacial score (nSPS) is 23.6. The Morgan fingerprint density at radius 2 is 2.62 bits per heavy atom.